The molecule has 0 aromatic rings. The molecule has 1 aliphatic heterocycles. The Morgan fingerprint density at radius 2 is 1.89 bits per heavy atom. The van der Waals surface area contributed by atoms with E-state index in [9.17, 15) is 4.79 Å². The Labute approximate surface area is 119 Å². The van der Waals surface area contributed by atoms with Crippen LogP contribution in [0.4, 0.5) is 0 Å². The highest BCUT2D eigenvalue weighted by atomic mass is 16.1. The molecule has 1 saturated carbocycles. The molecule has 0 bridgehead atoms. The molecule has 0 radical (unpaired) electrons. The van der Waals surface area contributed by atoms with Gasteiger partial charge in [-0.05, 0) is 37.1 Å². The second-order valence-electron chi connectivity index (χ2n) is 5.95. The topological polar surface area (TPSA) is 44.1 Å². The summed E-state index contributed by atoms with van der Waals surface area (Å²) in [5.74, 6) is 4.02. The van der Waals surface area contributed by atoms with Crippen LogP contribution in [0.2, 0.25) is 0 Å². The van der Waals surface area contributed by atoms with Gasteiger partial charge in [0.25, 0.3) is 0 Å². The van der Waals surface area contributed by atoms with Crippen molar-refractivity contribution in [3.63, 3.8) is 0 Å². The zero-order valence-corrected chi connectivity index (χ0v) is 13.2. The number of carbonyl (C=O) groups excluding carboxylic acids is 1. The van der Waals surface area contributed by atoms with Crippen LogP contribution >= 0.6 is 0 Å². The zero-order chi connectivity index (χ0) is 14.8. The van der Waals surface area contributed by atoms with E-state index in [4.69, 9.17) is 5.26 Å². The van der Waals surface area contributed by atoms with Gasteiger partial charge in [0, 0.05) is 13.1 Å². The minimum Gasteiger partial charge on any atom is -0.306 e. The molecule has 110 valence electrons. The van der Waals surface area contributed by atoms with E-state index >= 15 is 0 Å². The lowest BCUT2D eigenvalue weighted by Crippen LogP contribution is -2.19. The van der Waals surface area contributed by atoms with Crippen molar-refractivity contribution in [1.82, 2.24) is 4.90 Å². The summed E-state index contributed by atoms with van der Waals surface area (Å²) in [5, 5.41) is 7.58. The highest BCUT2D eigenvalue weighted by Gasteiger charge is 2.42. The monoisotopic (exact) mass is 266 g/mol. The number of aldehydes is 1. The molecule has 3 nitrogen and oxygen atoms in total. The van der Waals surface area contributed by atoms with Crippen molar-refractivity contribution in [2.45, 2.75) is 47.0 Å². The van der Waals surface area contributed by atoms with Crippen LogP contribution < -0.4 is 0 Å². The first-order chi connectivity index (χ1) is 9.01. The van der Waals surface area contributed by atoms with E-state index in [0.29, 0.717) is 6.29 Å². The molecule has 1 aliphatic carbocycles. The predicted octanol–water partition coefficient (Wildman–Crippen LogP) is 3.36. The van der Waals surface area contributed by atoms with E-state index in [2.05, 4.69) is 39.6 Å². The zero-order valence-electron chi connectivity index (χ0n) is 13.2. The summed E-state index contributed by atoms with van der Waals surface area (Å²) in [4.78, 5) is 11.7. The fourth-order valence-electron chi connectivity index (χ4n) is 3.12. The second kappa shape index (κ2) is 9.97. The van der Waals surface area contributed by atoms with Gasteiger partial charge >= 0.3 is 0 Å². The number of fused-ring (bicyclic) bond motifs is 1. The molecular weight excluding hydrogens is 236 g/mol. The van der Waals surface area contributed by atoms with E-state index in [1.54, 1.807) is 6.07 Å². The number of hydrogen-bond donors (Lipinski definition) is 0. The van der Waals surface area contributed by atoms with Crippen LogP contribution in [0.3, 0.4) is 0 Å². The molecule has 4 unspecified atom stereocenters. The summed E-state index contributed by atoms with van der Waals surface area (Å²) >= 11 is 0. The smallest absolute Gasteiger partial charge is 0.134 e. The molecule has 4 atom stereocenters. The first kappa shape index (κ1) is 18.1. The molecule has 0 N–H and O–H groups in total. The van der Waals surface area contributed by atoms with Crippen molar-refractivity contribution in [3.8, 4) is 6.07 Å². The van der Waals surface area contributed by atoms with Gasteiger partial charge in [0.1, 0.15) is 6.29 Å². The summed E-state index contributed by atoms with van der Waals surface area (Å²) < 4.78 is 0. The molecule has 0 amide bonds. The van der Waals surface area contributed by atoms with Crippen LogP contribution in [0.25, 0.3) is 0 Å². The lowest BCUT2D eigenvalue weighted by molar-refractivity contribution is -0.107. The fourth-order valence-corrected chi connectivity index (χ4v) is 3.12. The molecule has 2 fully saturated rings. The first-order valence-corrected chi connectivity index (χ1v) is 7.50. The minimum atomic E-state index is 0.0139. The van der Waals surface area contributed by atoms with Gasteiger partial charge in [-0.2, -0.15) is 5.26 Å². The number of nitriles is 1. The lowest BCUT2D eigenvalue weighted by atomic mass is 9.91. The summed E-state index contributed by atoms with van der Waals surface area (Å²) in [6.07, 6.45) is 3.32. The largest absolute Gasteiger partial charge is 0.306 e. The molecule has 19 heavy (non-hydrogen) atoms. The highest BCUT2D eigenvalue weighted by Crippen LogP contribution is 2.44. The fraction of sp³-hybridized carbons (Fsp3) is 0.875. The second-order valence-corrected chi connectivity index (χ2v) is 5.95. The average Bonchev–Trinajstić information content (AvgIpc) is 2.82. The Hall–Kier alpha value is -0.880. The molecule has 2 rings (SSSR count). The summed E-state index contributed by atoms with van der Waals surface area (Å²) in [5.41, 5.74) is 0. The van der Waals surface area contributed by atoms with E-state index in [1.807, 2.05) is 0 Å². The Kier molecular flexibility index (Phi) is 9.51. The quantitative estimate of drug-likeness (QED) is 0.684. The van der Waals surface area contributed by atoms with Gasteiger partial charge in [0.15, 0.2) is 0 Å². The maximum absolute atomic E-state index is 9.18. The maximum atomic E-state index is 9.18. The average molecular weight is 266 g/mol. The number of hydrogen-bond acceptors (Lipinski definition) is 3. The third kappa shape index (κ3) is 6.20. The van der Waals surface area contributed by atoms with E-state index in [-0.39, 0.29) is 6.42 Å². The third-order valence-electron chi connectivity index (χ3n) is 4.10. The lowest BCUT2D eigenvalue weighted by Gasteiger charge is -2.17. The molecule has 0 aromatic carbocycles. The van der Waals surface area contributed by atoms with Crippen LogP contribution in [-0.4, -0.2) is 31.3 Å². The van der Waals surface area contributed by atoms with Crippen molar-refractivity contribution in [1.29, 1.82) is 5.26 Å². The van der Waals surface area contributed by atoms with Crippen LogP contribution in [-0.2, 0) is 4.79 Å². The van der Waals surface area contributed by atoms with Crippen LogP contribution in [0.1, 0.15) is 47.0 Å². The van der Waals surface area contributed by atoms with Gasteiger partial charge in [-0.15, -0.1) is 0 Å². The third-order valence-corrected chi connectivity index (χ3v) is 4.10. The first-order valence-electron chi connectivity index (χ1n) is 7.50. The van der Waals surface area contributed by atoms with Crippen molar-refractivity contribution in [2.75, 3.05) is 20.1 Å². The highest BCUT2D eigenvalue weighted by molar-refractivity contribution is 5.52. The molecule has 3 heteroatoms. The normalized spacial score (nSPS) is 32.2. The van der Waals surface area contributed by atoms with Crippen LogP contribution in [0, 0.1) is 35.0 Å². The van der Waals surface area contributed by atoms with Gasteiger partial charge in [-0.25, -0.2) is 0 Å². The number of likely N-dealkylation sites (tertiary alicyclic amines) is 1. The predicted molar refractivity (Wildman–Crippen MR) is 79.7 cm³/mol. The molecular formula is C16H30N2O. The Morgan fingerprint density at radius 1 is 1.32 bits per heavy atom. The molecule has 0 aromatic heterocycles. The van der Waals surface area contributed by atoms with Crippen molar-refractivity contribution >= 4 is 6.29 Å². The molecule has 0 spiro atoms. The number of rotatable bonds is 1. The van der Waals surface area contributed by atoms with Gasteiger partial charge in [-0.1, -0.05) is 34.1 Å². The molecule has 2 aliphatic rings. The van der Waals surface area contributed by atoms with Gasteiger partial charge < -0.3 is 9.69 Å². The Balaban J connectivity index is 0.000000344. The Morgan fingerprint density at radius 3 is 2.26 bits per heavy atom. The number of carbonyl (C=O) groups is 1. The summed E-state index contributed by atoms with van der Waals surface area (Å²) in [6.45, 7) is 11.8. The van der Waals surface area contributed by atoms with Crippen LogP contribution in [0.15, 0.2) is 0 Å². The Bertz CT molecular complexity index is 285. The van der Waals surface area contributed by atoms with E-state index in [0.717, 1.165) is 23.7 Å². The summed E-state index contributed by atoms with van der Waals surface area (Å²) in [7, 11) is 2.26. The van der Waals surface area contributed by atoms with Crippen molar-refractivity contribution in [2.24, 2.45) is 23.7 Å². The van der Waals surface area contributed by atoms with E-state index in [1.165, 1.54) is 25.9 Å². The van der Waals surface area contributed by atoms with Gasteiger partial charge in [-0.3, -0.25) is 0 Å². The van der Waals surface area contributed by atoms with E-state index < -0.39 is 0 Å². The van der Waals surface area contributed by atoms with Gasteiger partial charge in [0.05, 0.1) is 12.5 Å². The van der Waals surface area contributed by atoms with Crippen molar-refractivity contribution in [3.05, 3.63) is 0 Å². The van der Waals surface area contributed by atoms with Crippen molar-refractivity contribution < 1.29 is 4.79 Å². The molecule has 1 saturated heterocycles. The summed E-state index contributed by atoms with van der Waals surface area (Å²) in [6, 6.07) is 1.65. The molecule has 1 heterocycles. The standard InChI is InChI=1S/C10H19N.C3H3NO.C3H8/c1-7-4-9-5-11(3)6-10(9)8(7)2;4-2-1-3-5;1-3-2/h7-10H,4-6H2,1-3H3;3H,1H2;3H2,1-2H3. The maximum Gasteiger partial charge on any atom is 0.134 e. The number of nitrogens with zero attached hydrogens (tertiary/aromatic N) is 2. The van der Waals surface area contributed by atoms with Crippen LogP contribution in [0.5, 0.6) is 0 Å². The van der Waals surface area contributed by atoms with Gasteiger partial charge in [0.2, 0.25) is 0 Å². The SMILES string of the molecule is CC1CC2CN(C)CC2C1C.CCC.N#CCC=O. The minimum absolute atomic E-state index is 0.0139.